The van der Waals surface area contributed by atoms with E-state index in [2.05, 4.69) is 117 Å². The molecule has 2 unspecified atom stereocenters. The lowest BCUT2D eigenvalue weighted by Crippen LogP contribution is -2.33. The SMILES string of the molecule is O=C(/C=C/C(=O)OC(CCC1CCN(Cc2ccccc2)CC1)c1ccc2c(c1)NCCCC2)OC(CCC1CCN(Cc2ccccc2)CC1)c1ccc2c(c1)NCCCC2. The Hall–Kier alpha value is -4.92. The van der Waals surface area contributed by atoms with Crippen molar-refractivity contribution in [1.82, 2.24) is 9.80 Å². The van der Waals surface area contributed by atoms with Crippen molar-refractivity contribution in [1.29, 1.82) is 0 Å². The number of anilines is 2. The van der Waals surface area contributed by atoms with Crippen LogP contribution in [0.1, 0.15) is 123 Å². The summed E-state index contributed by atoms with van der Waals surface area (Å²) in [5, 5.41) is 7.22. The van der Waals surface area contributed by atoms with Gasteiger partial charge in [-0.15, -0.1) is 0 Å². The van der Waals surface area contributed by atoms with E-state index in [0.717, 1.165) is 152 Å². The van der Waals surface area contributed by atoms with Gasteiger partial charge in [0.05, 0.1) is 0 Å². The molecule has 4 aliphatic rings. The van der Waals surface area contributed by atoms with E-state index >= 15 is 0 Å². The molecule has 62 heavy (non-hydrogen) atoms. The van der Waals surface area contributed by atoms with Crippen LogP contribution in [0.2, 0.25) is 0 Å². The molecule has 0 aliphatic carbocycles. The average Bonchev–Trinajstić information content (AvgIpc) is 3.70. The molecule has 0 saturated carbocycles. The van der Waals surface area contributed by atoms with E-state index in [1.807, 2.05) is 0 Å². The lowest BCUT2D eigenvalue weighted by atomic mass is 9.89. The van der Waals surface area contributed by atoms with Crippen molar-refractivity contribution in [2.24, 2.45) is 11.8 Å². The number of ether oxygens (including phenoxy) is 2. The molecule has 8 nitrogen and oxygen atoms in total. The lowest BCUT2D eigenvalue weighted by Gasteiger charge is -2.32. The van der Waals surface area contributed by atoms with Crippen molar-refractivity contribution in [3.05, 3.63) is 143 Å². The van der Waals surface area contributed by atoms with E-state index in [1.165, 1.54) is 47.2 Å². The van der Waals surface area contributed by atoms with Gasteiger partial charge in [0.2, 0.25) is 0 Å². The van der Waals surface area contributed by atoms with Crippen LogP contribution < -0.4 is 10.6 Å². The van der Waals surface area contributed by atoms with Crippen LogP contribution in [0.3, 0.4) is 0 Å². The molecule has 0 spiro atoms. The van der Waals surface area contributed by atoms with Gasteiger partial charge in [0.25, 0.3) is 0 Å². The number of rotatable bonds is 16. The van der Waals surface area contributed by atoms with Crippen molar-refractivity contribution < 1.29 is 19.1 Å². The van der Waals surface area contributed by atoms with Gasteiger partial charge in [-0.3, -0.25) is 9.80 Å². The molecular formula is C54H68N4O4. The molecule has 0 bridgehead atoms. The van der Waals surface area contributed by atoms with E-state index in [4.69, 9.17) is 9.47 Å². The summed E-state index contributed by atoms with van der Waals surface area (Å²) < 4.78 is 12.5. The monoisotopic (exact) mass is 837 g/mol. The number of nitrogens with one attached hydrogen (secondary N) is 2. The van der Waals surface area contributed by atoms with Gasteiger partial charge in [-0.25, -0.2) is 9.59 Å². The van der Waals surface area contributed by atoms with Crippen molar-refractivity contribution in [2.45, 2.75) is 115 Å². The van der Waals surface area contributed by atoms with E-state index in [-0.39, 0.29) is 0 Å². The van der Waals surface area contributed by atoms with E-state index in [9.17, 15) is 9.59 Å². The minimum atomic E-state index is -0.513. The van der Waals surface area contributed by atoms with Crippen LogP contribution in [-0.2, 0) is 45.0 Å². The first-order valence-electron chi connectivity index (χ1n) is 23.9. The van der Waals surface area contributed by atoms with Crippen LogP contribution in [0.25, 0.3) is 0 Å². The average molecular weight is 837 g/mol. The summed E-state index contributed by atoms with van der Waals surface area (Å²) >= 11 is 0. The fourth-order valence-electron chi connectivity index (χ4n) is 10.1. The molecule has 2 N–H and O–H groups in total. The summed E-state index contributed by atoms with van der Waals surface area (Å²) in [7, 11) is 0. The molecule has 0 radical (unpaired) electrons. The number of hydrogen-bond acceptors (Lipinski definition) is 8. The topological polar surface area (TPSA) is 83.1 Å². The fourth-order valence-corrected chi connectivity index (χ4v) is 10.1. The van der Waals surface area contributed by atoms with Crippen molar-refractivity contribution >= 4 is 23.3 Å². The molecule has 2 fully saturated rings. The first kappa shape index (κ1) is 43.7. The third-order valence-corrected chi connectivity index (χ3v) is 13.8. The number of nitrogens with zero attached hydrogens (tertiary/aromatic N) is 2. The molecule has 4 aromatic rings. The molecule has 4 aromatic carbocycles. The summed E-state index contributed by atoms with van der Waals surface area (Å²) in [4.78, 5) is 32.3. The zero-order valence-corrected chi connectivity index (χ0v) is 36.8. The Morgan fingerprint density at radius 3 is 1.40 bits per heavy atom. The third-order valence-electron chi connectivity index (χ3n) is 13.8. The number of aryl methyl sites for hydroxylation is 2. The van der Waals surface area contributed by atoms with Gasteiger partial charge in [0.1, 0.15) is 12.2 Å². The molecule has 2 saturated heterocycles. The highest BCUT2D eigenvalue weighted by molar-refractivity contribution is 5.91. The molecule has 328 valence electrons. The Kier molecular flexibility index (Phi) is 15.8. The highest BCUT2D eigenvalue weighted by atomic mass is 16.5. The maximum Gasteiger partial charge on any atom is 0.331 e. The van der Waals surface area contributed by atoms with Crippen molar-refractivity contribution in [3.8, 4) is 0 Å². The summed E-state index contributed by atoms with van der Waals surface area (Å²) in [6.07, 6.45) is 16.5. The molecule has 8 rings (SSSR count). The van der Waals surface area contributed by atoms with Crippen LogP contribution in [-0.4, -0.2) is 61.0 Å². The number of likely N-dealkylation sites (tertiary alicyclic amines) is 2. The van der Waals surface area contributed by atoms with Gasteiger partial charge < -0.3 is 20.1 Å². The number of piperidine rings is 2. The van der Waals surface area contributed by atoms with Crippen LogP contribution in [0.4, 0.5) is 11.4 Å². The highest BCUT2D eigenvalue weighted by Gasteiger charge is 2.26. The predicted octanol–water partition coefficient (Wildman–Crippen LogP) is 11.0. The molecule has 8 heteroatoms. The van der Waals surface area contributed by atoms with Gasteiger partial charge in [0, 0.05) is 49.7 Å². The van der Waals surface area contributed by atoms with Crippen LogP contribution in [0, 0.1) is 11.8 Å². The number of carbonyl (C=O) groups is 2. The second-order valence-electron chi connectivity index (χ2n) is 18.4. The Morgan fingerprint density at radius 2 is 0.984 bits per heavy atom. The second-order valence-corrected chi connectivity index (χ2v) is 18.4. The number of benzene rings is 4. The third kappa shape index (κ3) is 12.8. The molecule has 4 aliphatic heterocycles. The Balaban J connectivity index is 0.895. The number of hydrogen-bond donors (Lipinski definition) is 2. The zero-order chi connectivity index (χ0) is 42.4. The van der Waals surface area contributed by atoms with E-state index < -0.39 is 24.1 Å². The van der Waals surface area contributed by atoms with Gasteiger partial charge in [-0.1, -0.05) is 84.9 Å². The standard InChI is InChI=1S/C54H68N4O4/c59-53(61-51(47-21-19-45-15-7-9-31-55-49(45)37-47)23-17-41-27-33-57(34-28-41)39-43-11-3-1-4-12-43)25-26-54(60)62-52(48-22-20-46-16-8-10-32-56-50(46)38-48)24-18-42-29-35-58(36-30-42)40-44-13-5-2-6-14-44/h1-6,11-14,19-22,25-26,37-38,41-42,51-52,55-56H,7-10,15-18,23-24,27-36,39-40H2/b26-25+. The summed E-state index contributed by atoms with van der Waals surface area (Å²) in [5.41, 5.74) is 9.66. The summed E-state index contributed by atoms with van der Waals surface area (Å²) in [6, 6.07) is 34.5. The maximum atomic E-state index is 13.6. The fraction of sp³-hybridized carbons (Fsp3) is 0.481. The van der Waals surface area contributed by atoms with Crippen LogP contribution >= 0.6 is 0 Å². The van der Waals surface area contributed by atoms with E-state index in [1.54, 1.807) is 0 Å². The highest BCUT2D eigenvalue weighted by Crippen LogP contribution is 2.35. The molecule has 0 aromatic heterocycles. The Morgan fingerprint density at radius 1 is 0.565 bits per heavy atom. The lowest BCUT2D eigenvalue weighted by molar-refractivity contribution is -0.146. The van der Waals surface area contributed by atoms with Crippen molar-refractivity contribution in [3.63, 3.8) is 0 Å². The van der Waals surface area contributed by atoms with Gasteiger partial charge in [-0.2, -0.15) is 0 Å². The predicted molar refractivity (Wildman–Crippen MR) is 250 cm³/mol. The molecular weight excluding hydrogens is 769 g/mol. The Labute approximate surface area is 370 Å². The summed E-state index contributed by atoms with van der Waals surface area (Å²) in [5.74, 6) is 0.130. The van der Waals surface area contributed by atoms with Crippen molar-refractivity contribution in [2.75, 3.05) is 49.9 Å². The summed E-state index contributed by atoms with van der Waals surface area (Å²) in [6.45, 7) is 8.19. The molecule has 0 amide bonds. The zero-order valence-electron chi connectivity index (χ0n) is 36.8. The van der Waals surface area contributed by atoms with E-state index in [0.29, 0.717) is 11.8 Å². The largest absolute Gasteiger partial charge is 0.454 e. The van der Waals surface area contributed by atoms with Crippen LogP contribution in [0.15, 0.2) is 109 Å². The number of esters is 2. The molecule has 2 atom stereocenters. The quantitative estimate of drug-likeness (QED) is 0.0853. The van der Waals surface area contributed by atoms with Crippen LogP contribution in [0.5, 0.6) is 0 Å². The molecule has 4 heterocycles. The van der Waals surface area contributed by atoms with Gasteiger partial charge >= 0.3 is 11.9 Å². The second kappa shape index (κ2) is 22.4. The number of fused-ring (bicyclic) bond motifs is 2. The first-order chi connectivity index (χ1) is 30.5. The van der Waals surface area contributed by atoms with Gasteiger partial charge in [-0.05, 0) is 173 Å². The minimum Gasteiger partial charge on any atom is -0.454 e. The minimum absolute atomic E-state index is 0.403. The van der Waals surface area contributed by atoms with Gasteiger partial charge in [0.15, 0.2) is 0 Å². The normalized spacial score (nSPS) is 18.9. The Bertz CT molecular complexity index is 1910. The maximum absolute atomic E-state index is 13.6. The number of carbonyl (C=O) groups excluding carboxylic acids is 2. The smallest absolute Gasteiger partial charge is 0.331 e. The first-order valence-corrected chi connectivity index (χ1v) is 23.9.